The number of nitrogens with one attached hydrogen (secondary N) is 1. The molecule has 1 amide bonds. The van der Waals surface area contributed by atoms with Crippen LogP contribution in [-0.2, 0) is 32.2 Å². The van der Waals surface area contributed by atoms with E-state index >= 15 is 0 Å². The van der Waals surface area contributed by atoms with Gasteiger partial charge in [-0.1, -0.05) is 72.8 Å². The standard InChI is InChI=1S/C38H42N2O8/c1-40(23-34(43)30-8-4-10-32(42)19-30)22-33-20-35(27-13-11-25(24-41)12-14-27)48-38(47-33)31-9-3-7-29(18-31)28-6-2-5-26(17-28)21-39-36(44)15-16-37(45)46/h2-14,17-19,33-35,38,41-43H,15-16,20-24H2,1H3,(H,39,44)(H,45,46)/t33-,34-,35+,38+/m1/s1. The van der Waals surface area contributed by atoms with Gasteiger partial charge in [-0.3, -0.25) is 9.59 Å². The number of carboxylic acid groups (broad SMARTS) is 1. The molecule has 4 atom stereocenters. The molecule has 1 saturated heterocycles. The second-order valence-electron chi connectivity index (χ2n) is 12.2. The SMILES string of the molecule is CN(C[C@H]1C[C@@H](c2ccc(CO)cc2)O[C@@H](c2cccc(-c3cccc(CNC(=O)CCC(=O)O)c3)c2)O1)C[C@@H](O)c1cccc(O)c1. The van der Waals surface area contributed by atoms with Crippen molar-refractivity contribution < 1.29 is 39.5 Å². The van der Waals surface area contributed by atoms with Crippen LogP contribution in [-0.4, -0.2) is 63.4 Å². The average Bonchev–Trinajstić information content (AvgIpc) is 3.10. The van der Waals surface area contributed by atoms with Crippen LogP contribution >= 0.6 is 0 Å². The summed E-state index contributed by atoms with van der Waals surface area (Å²) in [7, 11) is 1.92. The number of phenolic OH excluding ortho intramolecular Hbond substituents is 1. The number of hydrogen-bond acceptors (Lipinski definition) is 8. The third-order valence-corrected chi connectivity index (χ3v) is 8.34. The summed E-state index contributed by atoms with van der Waals surface area (Å²) in [6.45, 7) is 1.11. The van der Waals surface area contributed by atoms with Crippen molar-refractivity contribution in [3.63, 3.8) is 0 Å². The molecule has 0 aliphatic carbocycles. The van der Waals surface area contributed by atoms with Gasteiger partial charge in [0.05, 0.1) is 31.3 Å². The van der Waals surface area contributed by atoms with Crippen molar-refractivity contribution in [2.75, 3.05) is 20.1 Å². The lowest BCUT2D eigenvalue weighted by atomic mass is 9.98. The van der Waals surface area contributed by atoms with E-state index in [-0.39, 0.29) is 49.9 Å². The summed E-state index contributed by atoms with van der Waals surface area (Å²) in [6.07, 6.45) is -1.66. The summed E-state index contributed by atoms with van der Waals surface area (Å²) >= 11 is 0. The number of aromatic hydroxyl groups is 1. The fraction of sp³-hybridized carbons (Fsp3) is 0.316. The van der Waals surface area contributed by atoms with Gasteiger partial charge in [0, 0.05) is 38.0 Å². The third-order valence-electron chi connectivity index (χ3n) is 8.34. The van der Waals surface area contributed by atoms with Gasteiger partial charge in [-0.05, 0) is 64.7 Å². The summed E-state index contributed by atoms with van der Waals surface area (Å²) in [5.41, 5.74) is 6.03. The molecular weight excluding hydrogens is 612 g/mol. The molecular formula is C38H42N2O8. The Kier molecular flexibility index (Phi) is 11.9. The molecule has 10 nitrogen and oxygen atoms in total. The molecule has 0 unspecified atom stereocenters. The maximum Gasteiger partial charge on any atom is 0.303 e. The maximum absolute atomic E-state index is 12.0. The molecule has 0 saturated carbocycles. The van der Waals surface area contributed by atoms with Gasteiger partial charge < -0.3 is 40.1 Å². The second kappa shape index (κ2) is 16.5. The number of rotatable bonds is 14. The topological polar surface area (TPSA) is 149 Å². The Balaban J connectivity index is 1.32. The quantitative estimate of drug-likeness (QED) is 0.123. The fourth-order valence-electron chi connectivity index (χ4n) is 5.82. The highest BCUT2D eigenvalue weighted by Gasteiger charge is 2.33. The predicted molar refractivity (Wildman–Crippen MR) is 180 cm³/mol. The van der Waals surface area contributed by atoms with Crippen molar-refractivity contribution in [3.8, 4) is 16.9 Å². The van der Waals surface area contributed by atoms with Gasteiger partial charge in [0.15, 0.2) is 6.29 Å². The first-order valence-electron chi connectivity index (χ1n) is 16.0. The molecule has 48 heavy (non-hydrogen) atoms. The van der Waals surface area contributed by atoms with E-state index in [1.165, 1.54) is 0 Å². The molecule has 4 aromatic rings. The third kappa shape index (κ3) is 9.72. The summed E-state index contributed by atoms with van der Waals surface area (Å²) < 4.78 is 13.1. The smallest absolute Gasteiger partial charge is 0.303 e. The van der Waals surface area contributed by atoms with Gasteiger partial charge in [0.2, 0.25) is 5.91 Å². The lowest BCUT2D eigenvalue weighted by Crippen LogP contribution is -2.39. The van der Waals surface area contributed by atoms with E-state index in [1.807, 2.05) is 84.7 Å². The van der Waals surface area contributed by atoms with Gasteiger partial charge in [-0.2, -0.15) is 0 Å². The lowest BCUT2D eigenvalue weighted by molar-refractivity contribution is -0.252. The normalized spacial score (nSPS) is 18.4. The number of aliphatic carboxylic acids is 1. The number of likely N-dealkylation sites (N-methyl/N-ethyl adjacent to an activating group) is 1. The number of hydrogen-bond donors (Lipinski definition) is 5. The average molecular weight is 655 g/mol. The Morgan fingerprint density at radius 3 is 2.33 bits per heavy atom. The molecule has 4 aromatic carbocycles. The largest absolute Gasteiger partial charge is 0.508 e. The van der Waals surface area contributed by atoms with Crippen LogP contribution in [0.2, 0.25) is 0 Å². The molecule has 1 aliphatic heterocycles. The molecule has 252 valence electrons. The molecule has 1 heterocycles. The maximum atomic E-state index is 12.0. The van der Waals surface area contributed by atoms with E-state index in [0.29, 0.717) is 25.1 Å². The van der Waals surface area contributed by atoms with Gasteiger partial charge in [-0.25, -0.2) is 0 Å². The van der Waals surface area contributed by atoms with Crippen molar-refractivity contribution in [1.82, 2.24) is 10.2 Å². The number of benzene rings is 4. The Labute approximate surface area is 280 Å². The highest BCUT2D eigenvalue weighted by atomic mass is 16.7. The number of aliphatic hydroxyl groups is 2. The van der Waals surface area contributed by atoms with Crippen LogP contribution in [0, 0.1) is 0 Å². The van der Waals surface area contributed by atoms with E-state index in [2.05, 4.69) is 5.32 Å². The van der Waals surface area contributed by atoms with Crippen LogP contribution in [0.25, 0.3) is 11.1 Å². The fourth-order valence-corrected chi connectivity index (χ4v) is 5.82. The molecule has 1 fully saturated rings. The zero-order valence-corrected chi connectivity index (χ0v) is 26.9. The van der Waals surface area contributed by atoms with Gasteiger partial charge in [0.25, 0.3) is 0 Å². The van der Waals surface area contributed by atoms with Gasteiger partial charge in [0.1, 0.15) is 5.75 Å². The minimum Gasteiger partial charge on any atom is -0.508 e. The molecule has 5 rings (SSSR count). The van der Waals surface area contributed by atoms with Crippen LogP contribution in [0.4, 0.5) is 0 Å². The summed E-state index contributed by atoms with van der Waals surface area (Å²) in [6, 6.07) is 30.1. The first-order chi connectivity index (χ1) is 23.2. The van der Waals surface area contributed by atoms with E-state index in [0.717, 1.165) is 33.4 Å². The zero-order valence-electron chi connectivity index (χ0n) is 26.9. The molecule has 10 heteroatoms. The summed E-state index contributed by atoms with van der Waals surface area (Å²) in [4.78, 5) is 24.8. The van der Waals surface area contributed by atoms with E-state index < -0.39 is 18.4 Å². The van der Waals surface area contributed by atoms with Crippen LogP contribution in [0.3, 0.4) is 0 Å². The zero-order chi connectivity index (χ0) is 34.0. The summed E-state index contributed by atoms with van der Waals surface area (Å²) in [5.74, 6) is -1.22. The number of amides is 1. The van der Waals surface area contributed by atoms with E-state index in [9.17, 15) is 24.9 Å². The predicted octanol–water partition coefficient (Wildman–Crippen LogP) is 5.24. The van der Waals surface area contributed by atoms with E-state index in [4.69, 9.17) is 14.6 Å². The molecule has 0 spiro atoms. The second-order valence-corrected chi connectivity index (χ2v) is 12.2. The highest BCUT2D eigenvalue weighted by molar-refractivity contribution is 5.80. The Hall–Kier alpha value is -4.58. The number of aliphatic hydroxyl groups excluding tert-OH is 2. The molecule has 1 aliphatic rings. The lowest BCUT2D eigenvalue weighted by Gasteiger charge is -2.38. The van der Waals surface area contributed by atoms with Crippen molar-refractivity contribution in [1.29, 1.82) is 0 Å². The van der Waals surface area contributed by atoms with Crippen LogP contribution in [0.5, 0.6) is 5.75 Å². The van der Waals surface area contributed by atoms with Gasteiger partial charge >= 0.3 is 5.97 Å². The van der Waals surface area contributed by atoms with Gasteiger partial charge in [-0.15, -0.1) is 0 Å². The Morgan fingerprint density at radius 1 is 0.875 bits per heavy atom. The van der Waals surface area contributed by atoms with Crippen LogP contribution in [0.15, 0.2) is 97.1 Å². The number of carbonyl (C=O) groups is 2. The number of carbonyl (C=O) groups excluding carboxylic acids is 1. The molecule has 0 radical (unpaired) electrons. The highest BCUT2D eigenvalue weighted by Crippen LogP contribution is 2.39. The molecule has 0 aromatic heterocycles. The Morgan fingerprint density at radius 2 is 1.60 bits per heavy atom. The van der Waals surface area contributed by atoms with E-state index in [1.54, 1.807) is 24.3 Å². The number of ether oxygens (including phenoxy) is 2. The molecule has 0 bridgehead atoms. The minimum absolute atomic E-state index is 0.0441. The Bertz CT molecular complexity index is 1680. The van der Waals surface area contributed by atoms with Crippen molar-refractivity contribution in [2.45, 2.75) is 57.0 Å². The first kappa shape index (κ1) is 34.7. The van der Waals surface area contributed by atoms with Crippen LogP contribution < -0.4 is 5.32 Å². The first-order valence-corrected chi connectivity index (χ1v) is 16.0. The molecule has 5 N–H and O–H groups in total. The number of phenols is 1. The van der Waals surface area contributed by atoms with Crippen molar-refractivity contribution in [3.05, 3.63) is 125 Å². The van der Waals surface area contributed by atoms with Crippen LogP contribution in [0.1, 0.15) is 65.6 Å². The summed E-state index contributed by atoms with van der Waals surface area (Å²) in [5, 5.41) is 41.8. The minimum atomic E-state index is -1.01. The number of carboxylic acids is 1. The monoisotopic (exact) mass is 654 g/mol. The van der Waals surface area contributed by atoms with Crippen molar-refractivity contribution in [2.24, 2.45) is 0 Å². The number of nitrogens with zero attached hydrogens (tertiary/aromatic N) is 1. The van der Waals surface area contributed by atoms with Crippen molar-refractivity contribution >= 4 is 11.9 Å².